The van der Waals surface area contributed by atoms with E-state index in [0.717, 1.165) is 27.6 Å². The Morgan fingerprint density at radius 2 is 1.74 bits per heavy atom. The minimum Gasteiger partial charge on any atom is -0.322 e. The number of aromatic amines is 1. The van der Waals surface area contributed by atoms with Gasteiger partial charge < -0.3 is 4.98 Å². The molecule has 0 bridgehead atoms. The van der Waals surface area contributed by atoms with Crippen molar-refractivity contribution in [3.05, 3.63) is 70.5 Å². The maximum absolute atomic E-state index is 11.8. The van der Waals surface area contributed by atoms with Gasteiger partial charge in [0.2, 0.25) is 5.56 Å². The van der Waals surface area contributed by atoms with Crippen molar-refractivity contribution in [1.82, 2.24) is 9.71 Å². The number of nitrogens with one attached hydrogen (secondary N) is 2. The van der Waals surface area contributed by atoms with E-state index in [9.17, 15) is 13.2 Å². The van der Waals surface area contributed by atoms with Gasteiger partial charge in [0.15, 0.2) is 0 Å². The Labute approximate surface area is 133 Å². The molecule has 0 atom stereocenters. The van der Waals surface area contributed by atoms with Crippen LogP contribution in [0.5, 0.6) is 0 Å². The lowest BCUT2D eigenvalue weighted by atomic mass is 10.0. The molecule has 3 rings (SSSR count). The third-order valence-corrected chi connectivity index (χ3v) is 4.04. The number of aromatic nitrogens is 1. The van der Waals surface area contributed by atoms with Gasteiger partial charge in [-0.3, -0.25) is 4.79 Å². The molecule has 0 spiro atoms. The summed E-state index contributed by atoms with van der Waals surface area (Å²) >= 11 is 0. The zero-order valence-electron chi connectivity index (χ0n) is 12.1. The minimum absolute atomic E-state index is 0.120. The minimum atomic E-state index is -3.71. The smallest absolute Gasteiger partial charge is 0.274 e. The van der Waals surface area contributed by atoms with Crippen molar-refractivity contribution in [2.75, 3.05) is 0 Å². The first kappa shape index (κ1) is 15.4. The molecule has 6 nitrogen and oxygen atoms in total. The topological polar surface area (TPSA) is 105 Å². The maximum Gasteiger partial charge on any atom is 0.274 e. The van der Waals surface area contributed by atoms with Crippen LogP contribution >= 0.6 is 0 Å². The van der Waals surface area contributed by atoms with Crippen LogP contribution in [0.2, 0.25) is 0 Å². The van der Waals surface area contributed by atoms with Gasteiger partial charge in [0.1, 0.15) is 0 Å². The predicted octanol–water partition coefficient (Wildman–Crippen LogP) is 1.49. The summed E-state index contributed by atoms with van der Waals surface area (Å²) in [5.41, 5.74) is 3.09. The Balaban J connectivity index is 1.98. The van der Waals surface area contributed by atoms with E-state index in [1.54, 1.807) is 18.2 Å². The Morgan fingerprint density at radius 1 is 1.04 bits per heavy atom. The van der Waals surface area contributed by atoms with Crippen LogP contribution in [0.15, 0.2) is 59.4 Å². The molecule has 0 aliphatic heterocycles. The molecule has 118 valence electrons. The van der Waals surface area contributed by atoms with Crippen molar-refractivity contribution in [2.45, 2.75) is 6.54 Å². The lowest BCUT2D eigenvalue weighted by molar-refractivity contribution is 0.583. The molecule has 7 heteroatoms. The molecule has 0 saturated heterocycles. The number of nitrogens with two attached hydrogens (primary N) is 1. The molecule has 0 unspecified atom stereocenters. The lowest BCUT2D eigenvalue weighted by Crippen LogP contribution is -2.30. The number of rotatable bonds is 4. The Bertz CT molecular complexity index is 1010. The number of H-pyrrole nitrogens is 1. The van der Waals surface area contributed by atoms with E-state index in [0.29, 0.717) is 0 Å². The van der Waals surface area contributed by atoms with Crippen LogP contribution < -0.4 is 15.4 Å². The molecule has 0 fully saturated rings. The van der Waals surface area contributed by atoms with Crippen molar-refractivity contribution in [3.8, 4) is 11.1 Å². The summed E-state index contributed by atoms with van der Waals surface area (Å²) in [5, 5.41) is 5.85. The fourth-order valence-electron chi connectivity index (χ4n) is 2.43. The average molecular weight is 329 g/mol. The van der Waals surface area contributed by atoms with Gasteiger partial charge in [0, 0.05) is 23.5 Å². The van der Waals surface area contributed by atoms with E-state index in [2.05, 4.69) is 9.71 Å². The molecule has 0 aliphatic rings. The summed E-state index contributed by atoms with van der Waals surface area (Å²) in [4.78, 5) is 14.6. The van der Waals surface area contributed by atoms with Gasteiger partial charge in [-0.15, -0.1) is 0 Å². The fraction of sp³-hybridized carbons (Fsp3) is 0.0625. The monoisotopic (exact) mass is 329 g/mol. The molecule has 23 heavy (non-hydrogen) atoms. The highest BCUT2D eigenvalue weighted by Crippen LogP contribution is 2.26. The Hall–Kier alpha value is -2.48. The van der Waals surface area contributed by atoms with E-state index in [4.69, 9.17) is 5.14 Å². The van der Waals surface area contributed by atoms with E-state index in [-0.39, 0.29) is 12.1 Å². The first-order valence-electron chi connectivity index (χ1n) is 6.91. The number of hydrogen-bond donors (Lipinski definition) is 3. The number of pyridine rings is 1. The molecule has 2 aromatic carbocycles. The van der Waals surface area contributed by atoms with E-state index in [1.165, 1.54) is 0 Å². The lowest BCUT2D eigenvalue weighted by Gasteiger charge is -2.08. The number of benzene rings is 2. The van der Waals surface area contributed by atoms with Crippen molar-refractivity contribution >= 4 is 21.1 Å². The summed E-state index contributed by atoms with van der Waals surface area (Å²) < 4.78 is 24.0. The third kappa shape index (κ3) is 3.65. The second kappa shape index (κ2) is 5.96. The van der Waals surface area contributed by atoms with Crippen molar-refractivity contribution in [2.24, 2.45) is 5.14 Å². The number of para-hydroxylation sites is 1. The van der Waals surface area contributed by atoms with Crippen LogP contribution in [0.1, 0.15) is 5.56 Å². The van der Waals surface area contributed by atoms with Crippen LogP contribution in [0.4, 0.5) is 0 Å². The molecule has 1 aromatic heterocycles. The summed E-state index contributed by atoms with van der Waals surface area (Å²) in [7, 11) is -3.71. The molecule has 4 N–H and O–H groups in total. The van der Waals surface area contributed by atoms with Gasteiger partial charge in [-0.1, -0.05) is 42.5 Å². The van der Waals surface area contributed by atoms with Gasteiger partial charge in [0.25, 0.3) is 10.2 Å². The molecule has 0 saturated carbocycles. The van der Waals surface area contributed by atoms with Crippen LogP contribution in [-0.2, 0) is 16.8 Å². The van der Waals surface area contributed by atoms with Gasteiger partial charge in [-0.25, -0.2) is 5.14 Å². The Morgan fingerprint density at radius 3 is 2.43 bits per heavy atom. The maximum atomic E-state index is 11.8. The first-order chi connectivity index (χ1) is 10.9. The van der Waals surface area contributed by atoms with Gasteiger partial charge in [-0.2, -0.15) is 13.1 Å². The van der Waals surface area contributed by atoms with Crippen LogP contribution in [-0.4, -0.2) is 13.4 Å². The predicted molar refractivity (Wildman–Crippen MR) is 90.0 cm³/mol. The van der Waals surface area contributed by atoms with Crippen LogP contribution in [0, 0.1) is 0 Å². The first-order valence-corrected chi connectivity index (χ1v) is 8.46. The summed E-state index contributed by atoms with van der Waals surface area (Å²) in [5.74, 6) is 0. The second-order valence-corrected chi connectivity index (χ2v) is 6.53. The van der Waals surface area contributed by atoms with E-state index < -0.39 is 10.2 Å². The quantitative estimate of drug-likeness (QED) is 0.675. The Kier molecular flexibility index (Phi) is 3.99. The third-order valence-electron chi connectivity index (χ3n) is 3.49. The SMILES string of the molecule is NS(=O)(=O)NCc1ccc(-c2cc(=O)[nH]c3ccccc23)cc1. The normalized spacial score (nSPS) is 11.7. The van der Waals surface area contributed by atoms with Gasteiger partial charge in [-0.05, 0) is 22.8 Å². The molecule has 1 heterocycles. The fourth-order valence-corrected chi connectivity index (χ4v) is 2.80. The van der Waals surface area contributed by atoms with Gasteiger partial charge >= 0.3 is 0 Å². The highest BCUT2D eigenvalue weighted by molar-refractivity contribution is 7.87. The summed E-state index contributed by atoms with van der Waals surface area (Å²) in [6.07, 6.45) is 0. The van der Waals surface area contributed by atoms with E-state index in [1.807, 2.05) is 36.4 Å². The number of hydrogen-bond acceptors (Lipinski definition) is 3. The second-order valence-electron chi connectivity index (χ2n) is 5.16. The molecule has 0 radical (unpaired) electrons. The molecule has 0 amide bonds. The zero-order chi connectivity index (χ0) is 16.4. The van der Waals surface area contributed by atoms with E-state index >= 15 is 0 Å². The average Bonchev–Trinajstić information content (AvgIpc) is 2.52. The van der Waals surface area contributed by atoms with Crippen LogP contribution in [0.25, 0.3) is 22.0 Å². The molecule has 0 aliphatic carbocycles. The molecule has 3 aromatic rings. The largest absolute Gasteiger partial charge is 0.322 e. The van der Waals surface area contributed by atoms with Crippen molar-refractivity contribution < 1.29 is 8.42 Å². The highest BCUT2D eigenvalue weighted by Gasteiger charge is 2.06. The highest BCUT2D eigenvalue weighted by atomic mass is 32.2. The summed E-state index contributed by atoms with van der Waals surface area (Å²) in [6, 6.07) is 16.4. The molecular formula is C16H15N3O3S. The number of fused-ring (bicyclic) bond motifs is 1. The van der Waals surface area contributed by atoms with Crippen LogP contribution in [0.3, 0.4) is 0 Å². The zero-order valence-corrected chi connectivity index (χ0v) is 12.9. The van der Waals surface area contributed by atoms with Crippen molar-refractivity contribution in [1.29, 1.82) is 0 Å². The standard InChI is InChI=1S/C16H15N3O3S/c17-23(21,22)18-10-11-5-7-12(8-6-11)14-9-16(20)19-15-4-2-1-3-13(14)15/h1-9,18H,10H2,(H,19,20)(H2,17,21,22). The van der Waals surface area contributed by atoms with Crippen molar-refractivity contribution in [3.63, 3.8) is 0 Å². The molecular weight excluding hydrogens is 314 g/mol. The van der Waals surface area contributed by atoms with Gasteiger partial charge in [0.05, 0.1) is 0 Å². The summed E-state index contributed by atoms with van der Waals surface area (Å²) in [6.45, 7) is 0.120.